The fraction of sp³-hybridized carbons (Fsp3) is 0.562. The number of benzene rings is 1. The van der Waals surface area contributed by atoms with Crippen LogP contribution < -0.4 is 10.6 Å². The molecule has 2 N–H and O–H groups in total. The highest BCUT2D eigenvalue weighted by Gasteiger charge is 2.44. The van der Waals surface area contributed by atoms with E-state index >= 15 is 0 Å². The molecule has 1 aromatic rings. The van der Waals surface area contributed by atoms with E-state index in [1.807, 2.05) is 0 Å². The van der Waals surface area contributed by atoms with Gasteiger partial charge in [-0.3, -0.25) is 4.79 Å². The molecule has 1 amide bonds. The van der Waals surface area contributed by atoms with Crippen molar-refractivity contribution < 1.29 is 4.79 Å². The Morgan fingerprint density at radius 3 is 2.95 bits per heavy atom. The molecule has 1 saturated heterocycles. The number of hydrogen-bond donors (Lipinski definition) is 2. The van der Waals surface area contributed by atoms with Crippen LogP contribution in [-0.2, 0) is 4.79 Å². The maximum Gasteiger partial charge on any atom is 0.224 e. The van der Waals surface area contributed by atoms with E-state index in [2.05, 4.69) is 41.8 Å². The van der Waals surface area contributed by atoms with Gasteiger partial charge in [0.15, 0.2) is 0 Å². The van der Waals surface area contributed by atoms with Crippen molar-refractivity contribution in [2.24, 2.45) is 5.92 Å². The topological polar surface area (TPSA) is 41.1 Å². The van der Waals surface area contributed by atoms with Crippen molar-refractivity contribution in [1.29, 1.82) is 0 Å². The Labute approximate surface area is 114 Å². The van der Waals surface area contributed by atoms with Gasteiger partial charge in [-0.25, -0.2) is 0 Å². The predicted molar refractivity (Wildman–Crippen MR) is 76.1 cm³/mol. The lowest BCUT2D eigenvalue weighted by atomic mass is 10.0. The number of nitrogens with one attached hydrogen (secondary N) is 2. The summed E-state index contributed by atoms with van der Waals surface area (Å²) in [6, 6.07) is 8.76. The summed E-state index contributed by atoms with van der Waals surface area (Å²) in [5, 5.41) is 6.54. The van der Waals surface area contributed by atoms with Gasteiger partial charge in [0.2, 0.25) is 5.91 Å². The zero-order valence-corrected chi connectivity index (χ0v) is 11.5. The van der Waals surface area contributed by atoms with E-state index in [4.69, 9.17) is 0 Å². The molecule has 0 aromatic heterocycles. The Morgan fingerprint density at radius 1 is 1.37 bits per heavy atom. The van der Waals surface area contributed by atoms with Gasteiger partial charge in [0, 0.05) is 18.5 Å². The van der Waals surface area contributed by atoms with E-state index in [0.717, 1.165) is 32.4 Å². The zero-order valence-electron chi connectivity index (χ0n) is 11.5. The normalized spacial score (nSPS) is 29.8. The van der Waals surface area contributed by atoms with Crippen LogP contribution in [0.4, 0.5) is 0 Å². The third-order valence-corrected chi connectivity index (χ3v) is 4.36. The minimum Gasteiger partial charge on any atom is -0.352 e. The molecule has 2 fully saturated rings. The SMILES string of the molecule is Cc1ccccc1C1CC1C(=O)NC1CCCNC1. The van der Waals surface area contributed by atoms with E-state index in [0.29, 0.717) is 12.0 Å². The van der Waals surface area contributed by atoms with Crippen molar-refractivity contribution in [3.05, 3.63) is 35.4 Å². The smallest absolute Gasteiger partial charge is 0.224 e. The molecule has 1 aliphatic carbocycles. The van der Waals surface area contributed by atoms with E-state index < -0.39 is 0 Å². The maximum atomic E-state index is 12.2. The first-order valence-corrected chi connectivity index (χ1v) is 7.32. The Balaban J connectivity index is 1.57. The minimum absolute atomic E-state index is 0.197. The summed E-state index contributed by atoms with van der Waals surface area (Å²) in [5.74, 6) is 0.891. The second-order valence-corrected chi connectivity index (χ2v) is 5.86. The minimum atomic E-state index is 0.197. The Kier molecular flexibility index (Phi) is 3.56. The Hall–Kier alpha value is -1.35. The first-order valence-electron chi connectivity index (χ1n) is 7.32. The largest absolute Gasteiger partial charge is 0.352 e. The second kappa shape index (κ2) is 5.33. The molecule has 19 heavy (non-hydrogen) atoms. The quantitative estimate of drug-likeness (QED) is 0.870. The molecule has 0 spiro atoms. The average molecular weight is 258 g/mol. The van der Waals surface area contributed by atoms with Crippen molar-refractivity contribution in [1.82, 2.24) is 10.6 Å². The Bertz CT molecular complexity index is 466. The van der Waals surface area contributed by atoms with Crippen LogP contribution in [0.1, 0.15) is 36.3 Å². The summed E-state index contributed by atoms with van der Waals surface area (Å²) < 4.78 is 0. The fourth-order valence-electron chi connectivity index (χ4n) is 3.11. The molecule has 1 heterocycles. The third kappa shape index (κ3) is 2.81. The lowest BCUT2D eigenvalue weighted by molar-refractivity contribution is -0.123. The molecular formula is C16H22N2O. The molecule has 102 valence electrons. The van der Waals surface area contributed by atoms with Gasteiger partial charge >= 0.3 is 0 Å². The highest BCUT2D eigenvalue weighted by molar-refractivity contribution is 5.83. The number of aryl methyl sites for hydroxylation is 1. The molecule has 1 aliphatic heterocycles. The standard InChI is InChI=1S/C16H22N2O/c1-11-5-2-3-7-13(11)14-9-15(14)16(19)18-12-6-4-8-17-10-12/h2-3,5,7,12,14-15,17H,4,6,8-10H2,1H3,(H,18,19). The number of hydrogen-bond acceptors (Lipinski definition) is 2. The summed E-state index contributed by atoms with van der Waals surface area (Å²) in [6.07, 6.45) is 3.29. The van der Waals surface area contributed by atoms with Gasteiger partial charge in [-0.15, -0.1) is 0 Å². The Morgan fingerprint density at radius 2 is 2.21 bits per heavy atom. The monoisotopic (exact) mass is 258 g/mol. The molecule has 3 heteroatoms. The van der Waals surface area contributed by atoms with Gasteiger partial charge in [0.05, 0.1) is 0 Å². The van der Waals surface area contributed by atoms with Crippen LogP contribution in [0.2, 0.25) is 0 Å². The first kappa shape index (κ1) is 12.7. The summed E-state index contributed by atoms with van der Waals surface area (Å²) in [7, 11) is 0. The third-order valence-electron chi connectivity index (χ3n) is 4.36. The number of amides is 1. The molecule has 3 atom stereocenters. The van der Waals surface area contributed by atoms with Crippen molar-refractivity contribution in [3.8, 4) is 0 Å². The molecule has 3 unspecified atom stereocenters. The van der Waals surface area contributed by atoms with Crippen LogP contribution in [0.25, 0.3) is 0 Å². The fourth-order valence-corrected chi connectivity index (χ4v) is 3.11. The lowest BCUT2D eigenvalue weighted by Crippen LogP contribution is -2.46. The summed E-state index contributed by atoms with van der Waals surface area (Å²) in [4.78, 5) is 12.2. The van der Waals surface area contributed by atoms with Gasteiger partial charge in [0.25, 0.3) is 0 Å². The van der Waals surface area contributed by atoms with Crippen molar-refractivity contribution in [2.45, 2.75) is 38.1 Å². The predicted octanol–water partition coefficient (Wildman–Crippen LogP) is 1.97. The van der Waals surface area contributed by atoms with E-state index in [-0.39, 0.29) is 11.8 Å². The second-order valence-electron chi connectivity index (χ2n) is 5.86. The summed E-state index contributed by atoms with van der Waals surface area (Å²) in [6.45, 7) is 4.14. The molecule has 2 aliphatic rings. The number of rotatable bonds is 3. The molecule has 0 radical (unpaired) electrons. The van der Waals surface area contributed by atoms with Gasteiger partial charge in [-0.2, -0.15) is 0 Å². The van der Waals surface area contributed by atoms with E-state index in [9.17, 15) is 4.79 Å². The molecule has 3 nitrogen and oxygen atoms in total. The van der Waals surface area contributed by atoms with Crippen LogP contribution in [0, 0.1) is 12.8 Å². The number of carbonyl (C=O) groups excluding carboxylic acids is 1. The van der Waals surface area contributed by atoms with Crippen LogP contribution in [-0.4, -0.2) is 25.0 Å². The first-order chi connectivity index (χ1) is 9.25. The highest BCUT2D eigenvalue weighted by Crippen LogP contribution is 2.48. The van der Waals surface area contributed by atoms with Crippen molar-refractivity contribution in [3.63, 3.8) is 0 Å². The zero-order chi connectivity index (χ0) is 13.2. The molecular weight excluding hydrogens is 236 g/mol. The van der Waals surface area contributed by atoms with Gasteiger partial charge < -0.3 is 10.6 Å². The van der Waals surface area contributed by atoms with Crippen molar-refractivity contribution >= 4 is 5.91 Å². The van der Waals surface area contributed by atoms with Crippen molar-refractivity contribution in [2.75, 3.05) is 13.1 Å². The maximum absolute atomic E-state index is 12.2. The molecule has 1 aromatic carbocycles. The van der Waals surface area contributed by atoms with Gasteiger partial charge in [-0.05, 0) is 49.8 Å². The van der Waals surface area contributed by atoms with E-state index in [1.165, 1.54) is 11.1 Å². The number of piperidine rings is 1. The van der Waals surface area contributed by atoms with Crippen LogP contribution in [0.15, 0.2) is 24.3 Å². The summed E-state index contributed by atoms with van der Waals surface area (Å²) >= 11 is 0. The molecule has 0 bridgehead atoms. The van der Waals surface area contributed by atoms with Crippen LogP contribution >= 0.6 is 0 Å². The average Bonchev–Trinajstić information content (AvgIpc) is 3.21. The van der Waals surface area contributed by atoms with Gasteiger partial charge in [-0.1, -0.05) is 24.3 Å². The van der Waals surface area contributed by atoms with Crippen LogP contribution in [0.5, 0.6) is 0 Å². The van der Waals surface area contributed by atoms with E-state index in [1.54, 1.807) is 0 Å². The highest BCUT2D eigenvalue weighted by atomic mass is 16.2. The lowest BCUT2D eigenvalue weighted by Gasteiger charge is -2.23. The molecule has 3 rings (SSSR count). The summed E-state index contributed by atoms with van der Waals surface area (Å²) in [5.41, 5.74) is 2.66. The number of carbonyl (C=O) groups is 1. The van der Waals surface area contributed by atoms with Crippen LogP contribution in [0.3, 0.4) is 0 Å². The molecule has 1 saturated carbocycles. The van der Waals surface area contributed by atoms with Gasteiger partial charge in [0.1, 0.15) is 0 Å².